The van der Waals surface area contributed by atoms with Gasteiger partial charge in [-0.2, -0.15) is 11.6 Å². The van der Waals surface area contributed by atoms with E-state index in [1.54, 1.807) is 0 Å². The molecule has 0 saturated carbocycles. The average Bonchev–Trinajstić information content (AvgIpc) is 2.84. The fourth-order valence-electron chi connectivity index (χ4n) is 1.09. The third-order valence-electron chi connectivity index (χ3n) is 1.69. The maximum absolute atomic E-state index is 3.19. The van der Waals surface area contributed by atoms with Gasteiger partial charge in [0, 0.05) is 0 Å². The van der Waals surface area contributed by atoms with E-state index in [1.165, 1.54) is 34.5 Å². The van der Waals surface area contributed by atoms with Crippen LogP contribution in [0.15, 0.2) is 35.5 Å². The average molecular weight is 308 g/mol. The number of hydrogen-bond donors (Lipinski definition) is 0. The van der Waals surface area contributed by atoms with Crippen LogP contribution in [0.25, 0.3) is 0 Å². The van der Waals surface area contributed by atoms with Crippen molar-refractivity contribution in [2.24, 2.45) is 0 Å². The summed E-state index contributed by atoms with van der Waals surface area (Å²) in [6.45, 7) is 7.27. The molecule has 0 N–H and O–H groups in total. The Balaban J connectivity index is -0.000000169. The number of rotatable bonds is 0. The number of allylic oxidation sites excluding steroid dienone is 8. The molecule has 2 radical (unpaired) electrons. The Hall–Kier alpha value is 0.0600. The molecule has 16 heavy (non-hydrogen) atoms. The van der Waals surface area contributed by atoms with E-state index >= 15 is 0 Å². The molecule has 88 valence electrons. The Morgan fingerprint density at radius 1 is 1.25 bits per heavy atom. The molecule has 0 amide bonds. The summed E-state index contributed by atoms with van der Waals surface area (Å²) in [5, 5.41) is 0. The van der Waals surface area contributed by atoms with Crippen LogP contribution in [-0.2, 0) is 23.3 Å². The van der Waals surface area contributed by atoms with Crippen molar-refractivity contribution in [3.63, 3.8) is 0 Å². The van der Waals surface area contributed by atoms with Crippen molar-refractivity contribution >= 4 is 6.88 Å². The molecule has 0 nitrogen and oxygen atoms in total. The molecule has 0 saturated heterocycles. The second kappa shape index (κ2) is 15.1. The van der Waals surface area contributed by atoms with Crippen molar-refractivity contribution in [3.8, 4) is 0 Å². The molecular formula is C14H20SiZr-4. The monoisotopic (exact) mass is 306 g/mol. The Bertz CT molecular complexity index is 262. The zero-order chi connectivity index (χ0) is 10.8. The predicted molar refractivity (Wildman–Crippen MR) is 71.0 cm³/mol. The summed E-state index contributed by atoms with van der Waals surface area (Å²) in [6, 6.07) is 0. The van der Waals surface area contributed by atoms with Gasteiger partial charge in [-0.3, -0.25) is 12.2 Å². The first-order valence-corrected chi connectivity index (χ1v) is 8.69. The summed E-state index contributed by atoms with van der Waals surface area (Å²) in [4.78, 5) is 0. The summed E-state index contributed by atoms with van der Waals surface area (Å²) in [6.07, 6.45) is 16.4. The van der Waals surface area contributed by atoms with Gasteiger partial charge in [0.25, 0.3) is 0 Å². The van der Waals surface area contributed by atoms with Gasteiger partial charge < -0.3 is 14.9 Å². The van der Waals surface area contributed by atoms with Crippen LogP contribution in [0.4, 0.5) is 0 Å². The van der Waals surface area contributed by atoms with E-state index in [2.05, 4.69) is 45.0 Å². The molecule has 0 atom stereocenters. The van der Waals surface area contributed by atoms with E-state index in [-0.39, 0.29) is 14.9 Å². The third-order valence-corrected chi connectivity index (χ3v) is 1.69. The van der Waals surface area contributed by atoms with Crippen molar-refractivity contribution in [2.45, 2.75) is 26.7 Å². The van der Waals surface area contributed by atoms with E-state index in [1.807, 2.05) is 12.2 Å². The van der Waals surface area contributed by atoms with E-state index in [9.17, 15) is 0 Å². The van der Waals surface area contributed by atoms with Gasteiger partial charge in [0.15, 0.2) is 0 Å². The van der Waals surface area contributed by atoms with Crippen LogP contribution in [-0.4, -0.2) is 6.88 Å². The minimum atomic E-state index is 0. The second-order valence-corrected chi connectivity index (χ2v) is 3.03. The quantitative estimate of drug-likeness (QED) is 0.470. The molecule has 0 aromatic rings. The summed E-state index contributed by atoms with van der Waals surface area (Å²) in [5.74, 6) is 0. The van der Waals surface area contributed by atoms with Crippen molar-refractivity contribution < 1.29 is 23.3 Å². The molecule has 2 aliphatic rings. The van der Waals surface area contributed by atoms with Gasteiger partial charge in [-0.05, 0) is 0 Å². The van der Waals surface area contributed by atoms with Crippen LogP contribution >= 0.6 is 0 Å². The first kappa shape index (κ1) is 21.4. The molecule has 0 spiro atoms. The standard InChI is InChI=1S/C7H9.C5H5.2CH3.Si.Zr/c1-6-3-4-7(2)5-6;1-2-4-5-3-1;;;;/h5H,3H2,1-2H3;1-3H,4H2;2*1H3;;/q4*-1;;. The van der Waals surface area contributed by atoms with Crippen LogP contribution in [0, 0.1) is 27.0 Å². The predicted octanol–water partition coefficient (Wildman–Crippen LogP) is 3.91. The van der Waals surface area contributed by atoms with Crippen LogP contribution in [0.1, 0.15) is 26.7 Å². The molecule has 0 unspecified atom stereocenters. The van der Waals surface area contributed by atoms with E-state index in [0.29, 0.717) is 0 Å². The Morgan fingerprint density at radius 3 is 2.00 bits per heavy atom. The summed E-state index contributed by atoms with van der Waals surface area (Å²) in [7, 11) is 0. The van der Waals surface area contributed by atoms with Crippen molar-refractivity contribution in [2.75, 3.05) is 0 Å². The van der Waals surface area contributed by atoms with Crippen LogP contribution < -0.4 is 0 Å². The molecule has 0 fully saturated rings. The van der Waals surface area contributed by atoms with Crippen LogP contribution in [0.3, 0.4) is 0 Å². The molecule has 2 rings (SSSR count). The van der Waals surface area contributed by atoms with Gasteiger partial charge in [-0.1, -0.05) is 13.8 Å². The Labute approximate surface area is 119 Å². The van der Waals surface area contributed by atoms with Crippen LogP contribution in [0.5, 0.6) is 0 Å². The van der Waals surface area contributed by atoms with Gasteiger partial charge in [0.05, 0.1) is 0 Å². The minimum absolute atomic E-state index is 0. The van der Waals surface area contributed by atoms with Crippen molar-refractivity contribution in [1.29, 1.82) is 0 Å². The van der Waals surface area contributed by atoms with Gasteiger partial charge >= 0.3 is 30.2 Å². The first-order chi connectivity index (χ1) is 6.79. The van der Waals surface area contributed by atoms with Crippen molar-refractivity contribution in [3.05, 3.63) is 62.5 Å². The zero-order valence-electron chi connectivity index (χ0n) is 10.7. The molecule has 2 aliphatic carbocycles. The van der Waals surface area contributed by atoms with Crippen molar-refractivity contribution in [1.82, 2.24) is 0 Å². The fraction of sp³-hybridized carbons (Fsp3) is 0.286. The second-order valence-electron chi connectivity index (χ2n) is 3.03. The van der Waals surface area contributed by atoms with Gasteiger partial charge in [0.2, 0.25) is 0 Å². The van der Waals surface area contributed by atoms with Gasteiger partial charge in [-0.25, -0.2) is 23.8 Å². The molecule has 0 heterocycles. The normalized spacial score (nSPS) is 14.1. The van der Waals surface area contributed by atoms with E-state index in [0.717, 1.165) is 12.8 Å². The third kappa shape index (κ3) is 12.1. The molecular weight excluding hydrogens is 287 g/mol. The Morgan fingerprint density at radius 2 is 1.88 bits per heavy atom. The Kier molecular flexibility index (Phi) is 20.1. The molecule has 0 aliphatic heterocycles. The summed E-state index contributed by atoms with van der Waals surface area (Å²) in [5.41, 5.74) is 2.72. The summed E-state index contributed by atoms with van der Waals surface area (Å²) >= 11 is 1.36. The molecule has 0 aromatic carbocycles. The van der Waals surface area contributed by atoms with Gasteiger partial charge in [0.1, 0.15) is 0 Å². The topological polar surface area (TPSA) is 0 Å². The fourth-order valence-corrected chi connectivity index (χ4v) is 1.09. The van der Waals surface area contributed by atoms with E-state index < -0.39 is 0 Å². The first-order valence-electron chi connectivity index (χ1n) is 4.50. The van der Waals surface area contributed by atoms with Gasteiger partial charge in [-0.15, -0.1) is 12.8 Å². The molecule has 0 bridgehead atoms. The number of hydrogen-bond acceptors (Lipinski definition) is 0. The SMILES string of the molecule is CC1=[C-]CC(C)=C1.[C-]1=CC=CC1.[CH3-].[CH3-].[Si]=[Zr]. The zero-order valence-corrected chi connectivity index (χ0v) is 14.2. The molecule has 2 heteroatoms. The molecule has 0 aromatic heterocycles. The summed E-state index contributed by atoms with van der Waals surface area (Å²) < 4.78 is 0. The van der Waals surface area contributed by atoms with Crippen LogP contribution in [0.2, 0.25) is 0 Å². The maximum atomic E-state index is 3.19. The van der Waals surface area contributed by atoms with E-state index in [4.69, 9.17) is 0 Å².